The second-order valence-electron chi connectivity index (χ2n) is 6.57. The van der Waals surface area contributed by atoms with Gasteiger partial charge in [0, 0.05) is 17.9 Å². The zero-order valence-electron chi connectivity index (χ0n) is 16.3. The fourth-order valence-electron chi connectivity index (χ4n) is 3.07. The van der Waals surface area contributed by atoms with E-state index in [1.165, 1.54) is 0 Å². The average Bonchev–Trinajstić information content (AvgIpc) is 3.23. The summed E-state index contributed by atoms with van der Waals surface area (Å²) in [5.41, 5.74) is 1.72. The summed E-state index contributed by atoms with van der Waals surface area (Å²) in [7, 11) is 3.21. The fourth-order valence-corrected chi connectivity index (χ4v) is 4.83. The number of hydrogen-bond donors (Lipinski definition) is 1. The summed E-state index contributed by atoms with van der Waals surface area (Å²) in [4.78, 5) is 27.1. The summed E-state index contributed by atoms with van der Waals surface area (Å²) in [5.74, 6) is 2.43. The van der Waals surface area contributed by atoms with Crippen LogP contribution in [-0.4, -0.2) is 48.6 Å². The van der Waals surface area contributed by atoms with Crippen LogP contribution in [0.2, 0.25) is 0 Å². The van der Waals surface area contributed by atoms with Crippen molar-refractivity contribution in [1.82, 2.24) is 4.90 Å². The molecule has 8 heteroatoms. The molecule has 1 N–H and O–H groups in total. The molecule has 1 heterocycles. The summed E-state index contributed by atoms with van der Waals surface area (Å²) in [6.07, 6.45) is 0.959. The average molecular weight is 479 g/mol. The van der Waals surface area contributed by atoms with E-state index in [-0.39, 0.29) is 11.8 Å². The molecule has 1 unspecified atom stereocenters. The van der Waals surface area contributed by atoms with Crippen molar-refractivity contribution in [2.75, 3.05) is 31.2 Å². The fraction of sp³-hybridized carbons (Fsp3) is 0.333. The topological polar surface area (TPSA) is 67.9 Å². The van der Waals surface area contributed by atoms with Gasteiger partial charge in [0.15, 0.2) is 0 Å². The zero-order valence-corrected chi connectivity index (χ0v) is 18.7. The molecular formula is C21H23BrN2O4S. The van der Waals surface area contributed by atoms with Gasteiger partial charge in [-0.3, -0.25) is 9.59 Å². The first-order chi connectivity index (χ1) is 14.0. The molecule has 2 aromatic carbocycles. The number of methoxy groups -OCH3 is 2. The largest absolute Gasteiger partial charge is 0.497 e. The molecular weight excluding hydrogens is 456 g/mol. The Labute approximate surface area is 183 Å². The molecule has 6 nitrogen and oxygen atoms in total. The van der Waals surface area contributed by atoms with Gasteiger partial charge in [-0.15, -0.1) is 11.8 Å². The van der Waals surface area contributed by atoms with Crippen LogP contribution in [0.3, 0.4) is 0 Å². The van der Waals surface area contributed by atoms with Gasteiger partial charge in [0.1, 0.15) is 17.5 Å². The van der Waals surface area contributed by atoms with Crippen LogP contribution in [0.4, 0.5) is 5.69 Å². The van der Waals surface area contributed by atoms with Gasteiger partial charge in [-0.1, -0.05) is 6.07 Å². The van der Waals surface area contributed by atoms with Crippen molar-refractivity contribution in [1.29, 1.82) is 0 Å². The van der Waals surface area contributed by atoms with E-state index in [0.29, 0.717) is 30.2 Å². The maximum absolute atomic E-state index is 12.8. The smallest absolute Gasteiger partial charge is 0.248 e. The monoisotopic (exact) mass is 478 g/mol. The Balaban J connectivity index is 1.58. The summed E-state index contributed by atoms with van der Waals surface area (Å²) in [6, 6.07) is 12.5. The molecule has 1 aliphatic heterocycles. The van der Waals surface area contributed by atoms with Crippen molar-refractivity contribution in [2.24, 2.45) is 0 Å². The lowest BCUT2D eigenvalue weighted by Crippen LogP contribution is -2.44. The Morgan fingerprint density at radius 2 is 1.93 bits per heavy atom. The second kappa shape index (κ2) is 10.0. The van der Waals surface area contributed by atoms with Gasteiger partial charge in [0.25, 0.3) is 0 Å². The Hall–Kier alpha value is -2.19. The highest BCUT2D eigenvalue weighted by molar-refractivity contribution is 9.10. The van der Waals surface area contributed by atoms with E-state index in [4.69, 9.17) is 9.47 Å². The lowest BCUT2D eigenvalue weighted by Gasteiger charge is -2.23. The van der Waals surface area contributed by atoms with E-state index in [9.17, 15) is 9.59 Å². The molecule has 3 rings (SSSR count). The van der Waals surface area contributed by atoms with Crippen molar-refractivity contribution < 1.29 is 19.1 Å². The predicted molar refractivity (Wildman–Crippen MR) is 119 cm³/mol. The van der Waals surface area contributed by atoms with Gasteiger partial charge in [0.05, 0.1) is 24.6 Å². The van der Waals surface area contributed by atoms with E-state index in [1.54, 1.807) is 55.1 Å². The Morgan fingerprint density at radius 3 is 2.59 bits per heavy atom. The predicted octanol–water partition coefficient (Wildman–Crippen LogP) is 3.94. The minimum Gasteiger partial charge on any atom is -0.497 e. The number of aryl methyl sites for hydroxylation is 1. The number of carbonyl (C=O) groups excluding carboxylic acids is 2. The number of rotatable bonds is 7. The molecule has 1 atom stereocenters. The maximum atomic E-state index is 12.8. The molecule has 29 heavy (non-hydrogen) atoms. The van der Waals surface area contributed by atoms with Crippen molar-refractivity contribution in [2.45, 2.75) is 18.9 Å². The first-order valence-electron chi connectivity index (χ1n) is 9.16. The number of ether oxygens (including phenoxy) is 2. The molecule has 1 saturated heterocycles. The van der Waals surface area contributed by atoms with Gasteiger partial charge in [-0.25, -0.2) is 0 Å². The number of anilines is 1. The molecule has 0 radical (unpaired) electrons. The highest BCUT2D eigenvalue weighted by Crippen LogP contribution is 2.27. The van der Waals surface area contributed by atoms with Crippen LogP contribution in [0, 0.1) is 0 Å². The van der Waals surface area contributed by atoms with Crippen molar-refractivity contribution >= 4 is 45.2 Å². The maximum Gasteiger partial charge on any atom is 0.248 e. The lowest BCUT2D eigenvalue weighted by molar-refractivity contribution is -0.136. The highest BCUT2D eigenvalue weighted by Gasteiger charge is 2.34. The molecule has 1 fully saturated rings. The first-order valence-corrected chi connectivity index (χ1v) is 11.1. The Morgan fingerprint density at radius 1 is 1.17 bits per heavy atom. The molecule has 1 aliphatic rings. The van der Waals surface area contributed by atoms with Gasteiger partial charge in [-0.2, -0.15) is 0 Å². The molecule has 0 aromatic heterocycles. The molecule has 2 amide bonds. The third-order valence-electron chi connectivity index (χ3n) is 4.71. The normalized spacial score (nSPS) is 15.8. The van der Waals surface area contributed by atoms with E-state index in [1.807, 2.05) is 18.2 Å². The van der Waals surface area contributed by atoms with Crippen LogP contribution in [0.1, 0.15) is 12.0 Å². The van der Waals surface area contributed by atoms with Gasteiger partial charge >= 0.3 is 0 Å². The van der Waals surface area contributed by atoms with Crippen molar-refractivity contribution in [3.63, 3.8) is 0 Å². The molecule has 0 aliphatic carbocycles. The minimum absolute atomic E-state index is 0.0168. The SMILES string of the molecule is COc1ccc(NC(=O)C2CSCN2C(=O)CCc2ccc(OC)c(Br)c2)cc1. The van der Waals surface area contributed by atoms with E-state index < -0.39 is 6.04 Å². The summed E-state index contributed by atoms with van der Waals surface area (Å²) < 4.78 is 11.2. The number of benzene rings is 2. The summed E-state index contributed by atoms with van der Waals surface area (Å²) in [6.45, 7) is 0. The molecule has 2 aromatic rings. The van der Waals surface area contributed by atoms with E-state index >= 15 is 0 Å². The summed E-state index contributed by atoms with van der Waals surface area (Å²) >= 11 is 5.06. The second-order valence-corrected chi connectivity index (χ2v) is 8.42. The summed E-state index contributed by atoms with van der Waals surface area (Å²) in [5, 5.41) is 2.89. The number of thioether (sulfide) groups is 1. The lowest BCUT2D eigenvalue weighted by atomic mass is 10.1. The molecule has 0 spiro atoms. The van der Waals surface area contributed by atoms with Gasteiger partial charge < -0.3 is 19.7 Å². The highest BCUT2D eigenvalue weighted by atomic mass is 79.9. The third-order valence-corrected chi connectivity index (χ3v) is 6.34. The Bertz CT molecular complexity index is 875. The van der Waals surface area contributed by atoms with Gasteiger partial charge in [-0.05, 0) is 64.3 Å². The van der Waals surface area contributed by atoms with Crippen LogP contribution in [-0.2, 0) is 16.0 Å². The number of carbonyl (C=O) groups is 2. The van der Waals surface area contributed by atoms with E-state index in [2.05, 4.69) is 21.2 Å². The number of hydrogen-bond acceptors (Lipinski definition) is 5. The van der Waals surface area contributed by atoms with Crippen LogP contribution in [0.15, 0.2) is 46.9 Å². The van der Waals surface area contributed by atoms with Crippen molar-refractivity contribution in [3.05, 3.63) is 52.5 Å². The van der Waals surface area contributed by atoms with Crippen LogP contribution < -0.4 is 14.8 Å². The quantitative estimate of drug-likeness (QED) is 0.652. The molecule has 154 valence electrons. The number of halogens is 1. The molecule has 0 saturated carbocycles. The number of nitrogens with one attached hydrogen (secondary N) is 1. The third kappa shape index (κ3) is 5.45. The minimum atomic E-state index is -0.461. The molecule has 0 bridgehead atoms. The number of nitrogens with zero attached hydrogens (tertiary/aromatic N) is 1. The van der Waals surface area contributed by atoms with Crippen molar-refractivity contribution in [3.8, 4) is 11.5 Å². The zero-order chi connectivity index (χ0) is 20.8. The number of amides is 2. The van der Waals surface area contributed by atoms with Crippen LogP contribution in [0.25, 0.3) is 0 Å². The van der Waals surface area contributed by atoms with Crippen LogP contribution in [0.5, 0.6) is 11.5 Å². The van der Waals surface area contributed by atoms with Crippen LogP contribution >= 0.6 is 27.7 Å². The Kier molecular flexibility index (Phi) is 7.44. The van der Waals surface area contributed by atoms with E-state index in [0.717, 1.165) is 21.5 Å². The van der Waals surface area contributed by atoms with Gasteiger partial charge in [0.2, 0.25) is 11.8 Å². The standard InChI is InChI=1S/C21H23BrN2O4S/c1-27-16-7-5-15(6-8-16)23-21(26)18-12-29-13-24(18)20(25)10-4-14-3-9-19(28-2)17(22)11-14/h3,5-9,11,18H,4,10,12-13H2,1-2H3,(H,23,26). The first kappa shape index (κ1) is 21.5.